The van der Waals surface area contributed by atoms with Crippen molar-refractivity contribution in [2.45, 2.75) is 50.2 Å². The number of nitrogens with one attached hydrogen (secondary N) is 1. The topological polar surface area (TPSA) is 72.2 Å². The molecule has 1 saturated carbocycles. The fourth-order valence-electron chi connectivity index (χ4n) is 4.75. The fourth-order valence-corrected chi connectivity index (χ4v) is 5.67. The average molecular weight is 544 g/mol. The van der Waals surface area contributed by atoms with E-state index < -0.39 is 0 Å². The lowest BCUT2D eigenvalue weighted by Gasteiger charge is -2.25. The van der Waals surface area contributed by atoms with Gasteiger partial charge in [0, 0.05) is 16.6 Å². The summed E-state index contributed by atoms with van der Waals surface area (Å²) in [6.07, 6.45) is 5.81. The molecule has 1 fully saturated rings. The fraction of sp³-hybridized carbons (Fsp3) is 0.267. The van der Waals surface area contributed by atoms with Gasteiger partial charge in [-0.15, -0.1) is 10.2 Å². The van der Waals surface area contributed by atoms with Crippen molar-refractivity contribution < 1.29 is 4.79 Å². The molecule has 6 nitrogen and oxygen atoms in total. The van der Waals surface area contributed by atoms with Gasteiger partial charge in [0.05, 0.1) is 11.5 Å². The van der Waals surface area contributed by atoms with Crippen molar-refractivity contribution in [3.63, 3.8) is 0 Å². The van der Waals surface area contributed by atoms with Crippen LogP contribution >= 0.6 is 23.4 Å². The summed E-state index contributed by atoms with van der Waals surface area (Å²) in [5.74, 6) is 0.848. The molecular formula is C30H30ClN5OS. The maximum absolute atomic E-state index is 12.7. The Labute approximate surface area is 232 Å². The van der Waals surface area contributed by atoms with Gasteiger partial charge >= 0.3 is 0 Å². The Hall–Kier alpha value is -3.42. The molecule has 0 spiro atoms. The van der Waals surface area contributed by atoms with Crippen LogP contribution in [0.25, 0.3) is 22.5 Å². The van der Waals surface area contributed by atoms with Crippen LogP contribution in [0.4, 0.5) is 0 Å². The highest BCUT2D eigenvalue weighted by atomic mass is 35.5. The molecule has 0 bridgehead atoms. The van der Waals surface area contributed by atoms with Crippen LogP contribution in [-0.2, 0) is 4.79 Å². The van der Waals surface area contributed by atoms with Crippen LogP contribution in [-0.4, -0.2) is 32.1 Å². The Morgan fingerprint density at radius 1 is 0.921 bits per heavy atom. The second-order valence-electron chi connectivity index (χ2n) is 9.44. The monoisotopic (exact) mass is 543 g/mol. The molecule has 0 radical (unpaired) electrons. The first-order valence-corrected chi connectivity index (χ1v) is 14.3. The van der Waals surface area contributed by atoms with E-state index in [-0.39, 0.29) is 11.7 Å². The number of nitrogens with zero attached hydrogens (tertiary/aromatic N) is 4. The molecule has 1 aromatic heterocycles. The molecule has 0 atom stereocenters. The van der Waals surface area contributed by atoms with Crippen molar-refractivity contribution in [3.8, 4) is 22.5 Å². The molecule has 8 heteroatoms. The molecule has 0 aliphatic heterocycles. The number of carbonyl (C=O) groups is 1. The minimum atomic E-state index is -0.179. The van der Waals surface area contributed by atoms with Gasteiger partial charge in [-0.1, -0.05) is 97.2 Å². The predicted octanol–water partition coefficient (Wildman–Crippen LogP) is 7.40. The summed E-state index contributed by atoms with van der Waals surface area (Å²) in [5.41, 5.74) is 7.69. The zero-order chi connectivity index (χ0) is 26.3. The minimum absolute atomic E-state index is 0.179. The van der Waals surface area contributed by atoms with Crippen LogP contribution in [0.2, 0.25) is 5.02 Å². The average Bonchev–Trinajstić information content (AvgIpc) is 3.40. The predicted molar refractivity (Wildman–Crippen MR) is 156 cm³/mol. The highest BCUT2D eigenvalue weighted by Crippen LogP contribution is 2.35. The highest BCUT2D eigenvalue weighted by molar-refractivity contribution is 7.99. The standard InChI is InChI=1S/C30H30ClN5OS/c1-21(22-12-14-24(15-13-22)23-8-4-2-5-9-23)32-33-28(37)20-38-30-35-34-29(25-16-18-26(31)19-17-25)36(30)27-10-6-3-7-11-27/h2,4-5,8-9,12-19,27H,3,6-7,10-11,20H2,1H3,(H,33,37). The Bertz CT molecular complexity index is 1400. The number of amides is 1. The van der Waals surface area contributed by atoms with E-state index in [0.29, 0.717) is 11.1 Å². The van der Waals surface area contributed by atoms with Crippen molar-refractivity contribution in [2.75, 3.05) is 5.75 Å². The lowest BCUT2D eigenvalue weighted by atomic mass is 9.95. The van der Waals surface area contributed by atoms with Gasteiger partial charge in [-0.2, -0.15) is 5.10 Å². The summed E-state index contributed by atoms with van der Waals surface area (Å²) in [4.78, 5) is 12.7. The van der Waals surface area contributed by atoms with Crippen molar-refractivity contribution in [2.24, 2.45) is 5.10 Å². The normalized spacial score (nSPS) is 14.4. The number of thioether (sulfide) groups is 1. The number of benzene rings is 3. The van der Waals surface area contributed by atoms with Gasteiger partial charge in [0.25, 0.3) is 5.91 Å². The van der Waals surface area contributed by atoms with E-state index in [9.17, 15) is 4.79 Å². The first kappa shape index (κ1) is 26.2. The summed E-state index contributed by atoms with van der Waals surface area (Å²) < 4.78 is 2.21. The Kier molecular flexibility index (Phi) is 8.56. The molecule has 0 unspecified atom stereocenters. The van der Waals surface area contributed by atoms with E-state index in [2.05, 4.69) is 49.6 Å². The molecule has 194 valence electrons. The molecule has 5 rings (SSSR count). The van der Waals surface area contributed by atoms with Gasteiger partial charge in [-0.3, -0.25) is 9.36 Å². The van der Waals surface area contributed by atoms with Gasteiger partial charge in [0.2, 0.25) is 0 Å². The molecule has 1 heterocycles. The van der Waals surface area contributed by atoms with Crippen LogP contribution in [0.5, 0.6) is 0 Å². The third-order valence-corrected chi connectivity index (χ3v) is 7.99. The zero-order valence-corrected chi connectivity index (χ0v) is 22.9. The molecule has 38 heavy (non-hydrogen) atoms. The summed E-state index contributed by atoms with van der Waals surface area (Å²) in [6, 6.07) is 26.4. The first-order chi connectivity index (χ1) is 18.6. The zero-order valence-electron chi connectivity index (χ0n) is 21.3. The van der Waals surface area contributed by atoms with Gasteiger partial charge in [0.15, 0.2) is 11.0 Å². The van der Waals surface area contributed by atoms with Crippen LogP contribution in [0.1, 0.15) is 50.6 Å². The van der Waals surface area contributed by atoms with E-state index in [1.807, 2.05) is 61.5 Å². The molecular weight excluding hydrogens is 514 g/mol. The molecule has 1 N–H and O–H groups in total. The van der Waals surface area contributed by atoms with E-state index in [1.165, 1.54) is 36.6 Å². The number of hydrazone groups is 1. The number of aromatic nitrogens is 3. The third-order valence-electron chi connectivity index (χ3n) is 6.80. The molecule has 1 amide bonds. The van der Waals surface area contributed by atoms with Gasteiger partial charge in [0.1, 0.15) is 0 Å². The summed E-state index contributed by atoms with van der Waals surface area (Å²) in [6.45, 7) is 1.89. The van der Waals surface area contributed by atoms with Crippen molar-refractivity contribution in [3.05, 3.63) is 89.4 Å². The van der Waals surface area contributed by atoms with Crippen molar-refractivity contribution in [1.82, 2.24) is 20.2 Å². The van der Waals surface area contributed by atoms with Gasteiger partial charge in [-0.25, -0.2) is 5.43 Å². The summed E-state index contributed by atoms with van der Waals surface area (Å²) >= 11 is 7.50. The van der Waals surface area contributed by atoms with E-state index in [4.69, 9.17) is 11.6 Å². The van der Waals surface area contributed by atoms with Crippen molar-refractivity contribution >= 4 is 35.0 Å². The van der Waals surface area contributed by atoms with Crippen LogP contribution in [0.3, 0.4) is 0 Å². The van der Waals surface area contributed by atoms with Gasteiger partial charge in [-0.05, 0) is 60.7 Å². The smallest absolute Gasteiger partial charge is 0.250 e. The molecule has 4 aromatic rings. The number of carbonyl (C=O) groups excluding carboxylic acids is 1. The maximum Gasteiger partial charge on any atom is 0.250 e. The van der Waals surface area contributed by atoms with Crippen LogP contribution in [0.15, 0.2) is 89.1 Å². The Morgan fingerprint density at radius 2 is 1.58 bits per heavy atom. The quantitative estimate of drug-likeness (QED) is 0.143. The largest absolute Gasteiger partial charge is 0.299 e. The summed E-state index contributed by atoms with van der Waals surface area (Å²) in [5, 5.41) is 14.7. The molecule has 1 aliphatic rings. The van der Waals surface area contributed by atoms with Gasteiger partial charge < -0.3 is 0 Å². The number of rotatable bonds is 8. The van der Waals surface area contributed by atoms with E-state index in [0.717, 1.165) is 46.2 Å². The van der Waals surface area contributed by atoms with E-state index in [1.54, 1.807) is 0 Å². The summed E-state index contributed by atoms with van der Waals surface area (Å²) in [7, 11) is 0. The highest BCUT2D eigenvalue weighted by Gasteiger charge is 2.24. The minimum Gasteiger partial charge on any atom is -0.299 e. The maximum atomic E-state index is 12.7. The van der Waals surface area contributed by atoms with E-state index >= 15 is 0 Å². The SMILES string of the molecule is CC(=NNC(=O)CSc1nnc(-c2ccc(Cl)cc2)n1C1CCCCC1)c1ccc(-c2ccccc2)cc1. The Morgan fingerprint density at radius 3 is 2.29 bits per heavy atom. The lowest BCUT2D eigenvalue weighted by molar-refractivity contribution is -0.118. The lowest BCUT2D eigenvalue weighted by Crippen LogP contribution is -2.22. The third kappa shape index (κ3) is 6.34. The number of hydrogen-bond acceptors (Lipinski definition) is 5. The van der Waals surface area contributed by atoms with Crippen LogP contribution in [0, 0.1) is 0 Å². The second kappa shape index (κ2) is 12.4. The number of halogens is 1. The Balaban J connectivity index is 1.24. The van der Waals surface area contributed by atoms with Crippen molar-refractivity contribution in [1.29, 1.82) is 0 Å². The van der Waals surface area contributed by atoms with Crippen LogP contribution < -0.4 is 5.43 Å². The molecule has 3 aromatic carbocycles. The second-order valence-corrected chi connectivity index (χ2v) is 10.8. The number of hydrogen-bond donors (Lipinski definition) is 1. The molecule has 1 aliphatic carbocycles. The first-order valence-electron chi connectivity index (χ1n) is 12.9. The molecule has 0 saturated heterocycles.